The highest BCUT2D eigenvalue weighted by atomic mass is 33.1. The summed E-state index contributed by atoms with van der Waals surface area (Å²) in [5, 5.41) is 0. The molecule has 1 rings (SSSR count). The first-order valence-electron chi connectivity index (χ1n) is 4.57. The van der Waals surface area contributed by atoms with Gasteiger partial charge < -0.3 is 10.6 Å². The van der Waals surface area contributed by atoms with Crippen molar-refractivity contribution in [3.8, 4) is 0 Å². The number of hydrogen-bond acceptors (Lipinski definition) is 4. The summed E-state index contributed by atoms with van der Waals surface area (Å²) in [5.74, 6) is 2.35. The van der Waals surface area contributed by atoms with Crippen LogP contribution in [0, 0.1) is 0 Å². The van der Waals surface area contributed by atoms with Crippen LogP contribution in [0.5, 0.6) is 0 Å². The van der Waals surface area contributed by atoms with Crippen LogP contribution in [0.3, 0.4) is 0 Å². The van der Waals surface area contributed by atoms with Gasteiger partial charge in [-0.15, -0.1) is 0 Å². The maximum Gasteiger partial charge on any atom is 0.222 e. The molecule has 13 heavy (non-hydrogen) atoms. The third-order valence-corrected chi connectivity index (χ3v) is 4.32. The molecule has 0 aromatic heterocycles. The first-order valence-corrected chi connectivity index (χ1v) is 7.05. The Bertz CT molecular complexity index is 166. The van der Waals surface area contributed by atoms with E-state index in [1.54, 1.807) is 10.8 Å². The van der Waals surface area contributed by atoms with Crippen LogP contribution in [0.15, 0.2) is 0 Å². The number of carbonyl (C=O) groups excluding carboxylic acids is 1. The Hall–Kier alpha value is 0.130. The number of rotatable bonds is 6. The lowest BCUT2D eigenvalue weighted by molar-refractivity contribution is -0.127. The molecule has 0 radical (unpaired) electrons. The van der Waals surface area contributed by atoms with Gasteiger partial charge in [0, 0.05) is 37.6 Å². The highest BCUT2D eigenvalue weighted by Gasteiger charge is 2.18. The van der Waals surface area contributed by atoms with Crippen molar-refractivity contribution >= 4 is 27.5 Å². The van der Waals surface area contributed by atoms with Crippen molar-refractivity contribution < 1.29 is 4.79 Å². The van der Waals surface area contributed by atoms with Crippen LogP contribution in [-0.2, 0) is 4.79 Å². The molecule has 5 heteroatoms. The van der Waals surface area contributed by atoms with Crippen molar-refractivity contribution in [1.29, 1.82) is 0 Å². The molecule has 76 valence electrons. The molecule has 1 heterocycles. The van der Waals surface area contributed by atoms with Crippen LogP contribution in [0.1, 0.15) is 12.8 Å². The number of amides is 1. The lowest BCUT2D eigenvalue weighted by atomic mass is 10.4. The standard InChI is InChI=1S/C8H16N2OS2/c9-3-6-12-13-7-5-10-4-1-2-8(10)11/h1-7,9H2. The molecule has 0 aromatic rings. The van der Waals surface area contributed by atoms with Gasteiger partial charge in [0.05, 0.1) is 0 Å². The summed E-state index contributed by atoms with van der Waals surface area (Å²) in [4.78, 5) is 13.1. The van der Waals surface area contributed by atoms with E-state index in [4.69, 9.17) is 5.73 Å². The summed E-state index contributed by atoms with van der Waals surface area (Å²) >= 11 is 0. The van der Waals surface area contributed by atoms with Crippen molar-refractivity contribution in [2.75, 3.05) is 31.1 Å². The molecule has 1 aliphatic heterocycles. The molecular weight excluding hydrogens is 204 g/mol. The Balaban J connectivity index is 1.96. The second-order valence-electron chi connectivity index (χ2n) is 2.92. The van der Waals surface area contributed by atoms with Crippen LogP contribution in [0.4, 0.5) is 0 Å². The highest BCUT2D eigenvalue weighted by molar-refractivity contribution is 8.76. The number of hydrogen-bond donors (Lipinski definition) is 1. The Morgan fingerprint density at radius 3 is 2.77 bits per heavy atom. The van der Waals surface area contributed by atoms with E-state index in [9.17, 15) is 4.79 Å². The Labute approximate surface area is 87.2 Å². The van der Waals surface area contributed by atoms with E-state index in [1.165, 1.54) is 0 Å². The van der Waals surface area contributed by atoms with Crippen LogP contribution in [0.25, 0.3) is 0 Å². The van der Waals surface area contributed by atoms with E-state index in [-0.39, 0.29) is 0 Å². The van der Waals surface area contributed by atoms with Crippen molar-refractivity contribution in [2.45, 2.75) is 12.8 Å². The molecule has 0 atom stereocenters. The highest BCUT2D eigenvalue weighted by Crippen LogP contribution is 2.20. The largest absolute Gasteiger partial charge is 0.342 e. The molecule has 1 amide bonds. The molecule has 1 fully saturated rings. The summed E-state index contributed by atoms with van der Waals surface area (Å²) in [5.41, 5.74) is 5.36. The molecule has 1 saturated heterocycles. The zero-order valence-electron chi connectivity index (χ0n) is 7.70. The molecule has 0 bridgehead atoms. The van der Waals surface area contributed by atoms with Crippen LogP contribution >= 0.6 is 21.6 Å². The first kappa shape index (κ1) is 11.2. The average molecular weight is 220 g/mol. The Morgan fingerprint density at radius 1 is 1.38 bits per heavy atom. The van der Waals surface area contributed by atoms with E-state index in [1.807, 2.05) is 15.7 Å². The minimum absolute atomic E-state index is 0.324. The number of nitrogens with zero attached hydrogens (tertiary/aromatic N) is 1. The fourth-order valence-corrected chi connectivity index (χ4v) is 3.10. The normalized spacial score (nSPS) is 17.0. The van der Waals surface area contributed by atoms with Crippen molar-refractivity contribution in [3.63, 3.8) is 0 Å². The number of nitrogens with two attached hydrogens (primary N) is 1. The topological polar surface area (TPSA) is 46.3 Å². The second kappa shape index (κ2) is 6.56. The van der Waals surface area contributed by atoms with Gasteiger partial charge in [-0.1, -0.05) is 21.6 Å². The van der Waals surface area contributed by atoms with Crippen LogP contribution in [-0.4, -0.2) is 41.9 Å². The molecule has 0 saturated carbocycles. The van der Waals surface area contributed by atoms with Gasteiger partial charge in [0.25, 0.3) is 0 Å². The Kier molecular flexibility index (Phi) is 5.66. The van der Waals surface area contributed by atoms with E-state index in [0.717, 1.165) is 44.0 Å². The lowest BCUT2D eigenvalue weighted by Crippen LogP contribution is -2.26. The van der Waals surface area contributed by atoms with Crippen molar-refractivity contribution in [3.05, 3.63) is 0 Å². The average Bonchev–Trinajstić information content (AvgIpc) is 2.52. The van der Waals surface area contributed by atoms with Gasteiger partial charge in [-0.2, -0.15) is 0 Å². The minimum Gasteiger partial charge on any atom is -0.342 e. The molecule has 0 aromatic carbocycles. The predicted octanol–water partition coefficient (Wildman–Crippen LogP) is 0.949. The first-order chi connectivity index (χ1) is 6.34. The quantitative estimate of drug-likeness (QED) is 0.535. The monoisotopic (exact) mass is 220 g/mol. The van der Waals surface area contributed by atoms with Gasteiger partial charge >= 0.3 is 0 Å². The van der Waals surface area contributed by atoms with Gasteiger partial charge in [0.1, 0.15) is 0 Å². The van der Waals surface area contributed by atoms with Crippen molar-refractivity contribution in [1.82, 2.24) is 4.90 Å². The van der Waals surface area contributed by atoms with Crippen LogP contribution < -0.4 is 5.73 Å². The summed E-state index contributed by atoms with van der Waals surface area (Å²) < 4.78 is 0. The SMILES string of the molecule is NCCSSCCN1CCCC1=O. The molecule has 0 unspecified atom stereocenters. The zero-order valence-corrected chi connectivity index (χ0v) is 9.33. The summed E-state index contributed by atoms with van der Waals surface area (Å²) in [7, 11) is 3.60. The van der Waals surface area contributed by atoms with Gasteiger partial charge in [-0.25, -0.2) is 0 Å². The van der Waals surface area contributed by atoms with Crippen molar-refractivity contribution in [2.24, 2.45) is 5.73 Å². The second-order valence-corrected chi connectivity index (χ2v) is 5.62. The van der Waals surface area contributed by atoms with Gasteiger partial charge in [-0.3, -0.25) is 4.79 Å². The molecule has 1 aliphatic rings. The summed E-state index contributed by atoms with van der Waals surface area (Å²) in [6.45, 7) is 2.60. The third kappa shape index (κ3) is 4.24. The molecule has 3 nitrogen and oxygen atoms in total. The maximum absolute atomic E-state index is 11.2. The maximum atomic E-state index is 11.2. The molecule has 0 spiro atoms. The lowest BCUT2D eigenvalue weighted by Gasteiger charge is -2.14. The molecule has 0 aliphatic carbocycles. The molecular formula is C8H16N2OS2. The van der Waals surface area contributed by atoms with Gasteiger partial charge in [0.15, 0.2) is 0 Å². The van der Waals surface area contributed by atoms with E-state index < -0.39 is 0 Å². The summed E-state index contributed by atoms with van der Waals surface area (Å²) in [6.07, 6.45) is 1.79. The predicted molar refractivity (Wildman–Crippen MR) is 59.8 cm³/mol. The fraction of sp³-hybridized carbons (Fsp3) is 0.875. The zero-order chi connectivity index (χ0) is 9.52. The third-order valence-electron chi connectivity index (χ3n) is 1.90. The minimum atomic E-state index is 0.324. The fourth-order valence-electron chi connectivity index (χ4n) is 1.25. The molecule has 2 N–H and O–H groups in total. The van der Waals surface area contributed by atoms with E-state index >= 15 is 0 Å². The number of carbonyl (C=O) groups is 1. The van der Waals surface area contributed by atoms with Gasteiger partial charge in [-0.05, 0) is 6.42 Å². The summed E-state index contributed by atoms with van der Waals surface area (Å²) in [6, 6.07) is 0. The number of likely N-dealkylation sites (tertiary alicyclic amines) is 1. The Morgan fingerprint density at radius 2 is 2.15 bits per heavy atom. The smallest absolute Gasteiger partial charge is 0.222 e. The van der Waals surface area contributed by atoms with Gasteiger partial charge in [0.2, 0.25) is 5.91 Å². The van der Waals surface area contributed by atoms with Crippen LogP contribution in [0.2, 0.25) is 0 Å². The van der Waals surface area contributed by atoms with E-state index in [2.05, 4.69) is 0 Å². The van der Waals surface area contributed by atoms with E-state index in [0.29, 0.717) is 5.91 Å².